The number of halogens is 3. The number of imidazole rings is 1. The number of nitrogens with zero attached hydrogens (tertiary/aromatic N) is 2. The van der Waals surface area contributed by atoms with Gasteiger partial charge in [-0.1, -0.05) is 0 Å². The van der Waals surface area contributed by atoms with E-state index >= 15 is 0 Å². The van der Waals surface area contributed by atoms with Gasteiger partial charge in [-0.25, -0.2) is 4.98 Å². The molecule has 1 saturated heterocycles. The third-order valence-corrected chi connectivity index (χ3v) is 3.75. The van der Waals surface area contributed by atoms with Crippen molar-refractivity contribution in [2.45, 2.75) is 37.9 Å². The van der Waals surface area contributed by atoms with E-state index < -0.39 is 24.7 Å². The first-order valence-electron chi connectivity index (χ1n) is 6.94. The largest absolute Gasteiger partial charge is 0.405 e. The van der Waals surface area contributed by atoms with Crippen LogP contribution in [0.1, 0.15) is 31.5 Å². The number of rotatable bonds is 4. The molecular formula is C13H19F3N4O. The molecule has 2 atom stereocenters. The number of aromatic nitrogens is 2. The Morgan fingerprint density at radius 3 is 3.00 bits per heavy atom. The molecule has 5 nitrogen and oxygen atoms in total. The molecule has 0 unspecified atom stereocenters. The van der Waals surface area contributed by atoms with E-state index in [9.17, 15) is 18.0 Å². The molecule has 2 rings (SSSR count). The second kappa shape index (κ2) is 6.46. The van der Waals surface area contributed by atoms with Gasteiger partial charge in [0.2, 0.25) is 5.91 Å². The minimum Gasteiger partial charge on any atom is -0.348 e. The van der Waals surface area contributed by atoms with Crippen LogP contribution < -0.4 is 5.32 Å². The molecule has 1 aliphatic rings. The molecule has 0 aliphatic carbocycles. The standard InChI is InChI=1S/C13H19F3N4O/c1-9(12(21)19-8-13(14,15)16)20-6-2-3-10(7-20)11-17-4-5-18-11/h4-5,9-10H,2-3,6-8H2,1H3,(H,17,18)(H,19,21)/t9-,10+/m0/s1. The van der Waals surface area contributed by atoms with Crippen LogP contribution in [0.2, 0.25) is 0 Å². The lowest BCUT2D eigenvalue weighted by Crippen LogP contribution is -2.50. The van der Waals surface area contributed by atoms with Crippen molar-refractivity contribution in [1.82, 2.24) is 20.2 Å². The Balaban J connectivity index is 1.89. The number of H-pyrrole nitrogens is 1. The zero-order chi connectivity index (χ0) is 15.5. The van der Waals surface area contributed by atoms with Crippen LogP contribution in [-0.4, -0.2) is 52.6 Å². The number of hydrogen-bond acceptors (Lipinski definition) is 3. The van der Waals surface area contributed by atoms with Crippen molar-refractivity contribution in [2.24, 2.45) is 0 Å². The van der Waals surface area contributed by atoms with Gasteiger partial charge in [-0.3, -0.25) is 9.69 Å². The quantitative estimate of drug-likeness (QED) is 0.889. The molecule has 1 amide bonds. The Kier molecular flexibility index (Phi) is 4.87. The van der Waals surface area contributed by atoms with Gasteiger partial charge in [0.05, 0.1) is 6.04 Å². The third-order valence-electron chi connectivity index (χ3n) is 3.75. The molecule has 2 heterocycles. The van der Waals surface area contributed by atoms with Crippen LogP contribution in [0.25, 0.3) is 0 Å². The minimum atomic E-state index is -4.38. The Bertz CT molecular complexity index is 460. The van der Waals surface area contributed by atoms with Crippen LogP contribution >= 0.6 is 0 Å². The molecule has 8 heteroatoms. The predicted octanol–water partition coefficient (Wildman–Crippen LogP) is 1.66. The monoisotopic (exact) mass is 304 g/mol. The zero-order valence-electron chi connectivity index (χ0n) is 11.8. The van der Waals surface area contributed by atoms with Gasteiger partial charge in [0.25, 0.3) is 0 Å². The lowest BCUT2D eigenvalue weighted by atomic mass is 9.96. The van der Waals surface area contributed by atoms with E-state index in [4.69, 9.17) is 0 Å². The molecular weight excluding hydrogens is 285 g/mol. The molecule has 0 saturated carbocycles. The summed E-state index contributed by atoms with van der Waals surface area (Å²) < 4.78 is 36.4. The number of hydrogen-bond donors (Lipinski definition) is 2. The summed E-state index contributed by atoms with van der Waals surface area (Å²) in [5.41, 5.74) is 0. The number of likely N-dealkylation sites (tertiary alicyclic amines) is 1. The number of nitrogens with one attached hydrogen (secondary N) is 2. The molecule has 0 spiro atoms. The average Bonchev–Trinajstić information content (AvgIpc) is 2.97. The van der Waals surface area contributed by atoms with E-state index in [2.05, 4.69) is 9.97 Å². The minimum absolute atomic E-state index is 0.187. The number of aromatic amines is 1. The Hall–Kier alpha value is -1.57. The molecule has 1 aromatic heterocycles. The van der Waals surface area contributed by atoms with Crippen molar-refractivity contribution < 1.29 is 18.0 Å². The second-order valence-electron chi connectivity index (χ2n) is 5.32. The van der Waals surface area contributed by atoms with Gasteiger partial charge in [0.1, 0.15) is 12.4 Å². The van der Waals surface area contributed by atoms with Gasteiger partial charge in [0, 0.05) is 24.9 Å². The van der Waals surface area contributed by atoms with E-state index in [0.29, 0.717) is 13.1 Å². The summed E-state index contributed by atoms with van der Waals surface area (Å²) in [6.45, 7) is 1.67. The fraction of sp³-hybridized carbons (Fsp3) is 0.692. The van der Waals surface area contributed by atoms with E-state index in [0.717, 1.165) is 18.7 Å². The molecule has 1 aliphatic heterocycles. The predicted molar refractivity (Wildman–Crippen MR) is 70.7 cm³/mol. The van der Waals surface area contributed by atoms with Gasteiger partial charge < -0.3 is 10.3 Å². The van der Waals surface area contributed by atoms with Crippen molar-refractivity contribution in [2.75, 3.05) is 19.6 Å². The van der Waals surface area contributed by atoms with Crippen LogP contribution in [0.5, 0.6) is 0 Å². The first-order chi connectivity index (χ1) is 9.87. The van der Waals surface area contributed by atoms with Crippen molar-refractivity contribution in [3.05, 3.63) is 18.2 Å². The van der Waals surface area contributed by atoms with Crippen LogP contribution in [0.4, 0.5) is 13.2 Å². The van der Waals surface area contributed by atoms with Crippen molar-refractivity contribution in [3.63, 3.8) is 0 Å². The van der Waals surface area contributed by atoms with E-state index in [1.807, 2.05) is 10.2 Å². The maximum Gasteiger partial charge on any atom is 0.405 e. The highest BCUT2D eigenvalue weighted by molar-refractivity contribution is 5.81. The fourth-order valence-corrected chi connectivity index (χ4v) is 2.58. The topological polar surface area (TPSA) is 61.0 Å². The van der Waals surface area contributed by atoms with E-state index in [-0.39, 0.29) is 5.92 Å². The number of piperidine rings is 1. The zero-order valence-corrected chi connectivity index (χ0v) is 11.8. The van der Waals surface area contributed by atoms with E-state index in [1.165, 1.54) is 0 Å². The third kappa shape index (κ3) is 4.45. The molecule has 1 fully saturated rings. The number of alkyl halides is 3. The number of carbonyl (C=O) groups excluding carboxylic acids is 1. The summed E-state index contributed by atoms with van der Waals surface area (Å²) in [6.07, 6.45) is 0.888. The van der Waals surface area contributed by atoms with Gasteiger partial charge in [-0.05, 0) is 26.3 Å². The van der Waals surface area contributed by atoms with Gasteiger partial charge in [-0.15, -0.1) is 0 Å². The van der Waals surface area contributed by atoms with Crippen LogP contribution in [-0.2, 0) is 4.79 Å². The van der Waals surface area contributed by atoms with Gasteiger partial charge in [-0.2, -0.15) is 13.2 Å². The highest BCUT2D eigenvalue weighted by atomic mass is 19.4. The summed E-state index contributed by atoms with van der Waals surface area (Å²) >= 11 is 0. The Morgan fingerprint density at radius 1 is 1.62 bits per heavy atom. The highest BCUT2D eigenvalue weighted by Crippen LogP contribution is 2.25. The van der Waals surface area contributed by atoms with Crippen LogP contribution in [0.15, 0.2) is 12.4 Å². The summed E-state index contributed by atoms with van der Waals surface area (Å²) in [7, 11) is 0. The summed E-state index contributed by atoms with van der Waals surface area (Å²) in [5, 5.41) is 1.94. The first kappa shape index (κ1) is 15.8. The molecule has 21 heavy (non-hydrogen) atoms. The summed E-state index contributed by atoms with van der Waals surface area (Å²) in [4.78, 5) is 21.0. The maximum atomic E-state index is 12.1. The molecule has 0 aromatic carbocycles. The fourth-order valence-electron chi connectivity index (χ4n) is 2.58. The van der Waals surface area contributed by atoms with Crippen LogP contribution in [0.3, 0.4) is 0 Å². The second-order valence-corrected chi connectivity index (χ2v) is 5.32. The molecule has 118 valence electrons. The van der Waals surface area contributed by atoms with E-state index in [1.54, 1.807) is 19.3 Å². The first-order valence-corrected chi connectivity index (χ1v) is 6.94. The molecule has 0 radical (unpaired) electrons. The average molecular weight is 304 g/mol. The van der Waals surface area contributed by atoms with Crippen LogP contribution in [0, 0.1) is 0 Å². The lowest BCUT2D eigenvalue weighted by molar-refractivity contribution is -0.141. The molecule has 0 bridgehead atoms. The van der Waals surface area contributed by atoms with Crippen molar-refractivity contribution >= 4 is 5.91 Å². The maximum absolute atomic E-state index is 12.1. The molecule has 1 aromatic rings. The normalized spacial score (nSPS) is 22.0. The smallest absolute Gasteiger partial charge is 0.348 e. The Labute approximate surface area is 120 Å². The van der Waals surface area contributed by atoms with Gasteiger partial charge in [0.15, 0.2) is 0 Å². The number of carbonyl (C=O) groups is 1. The van der Waals surface area contributed by atoms with Gasteiger partial charge >= 0.3 is 6.18 Å². The summed E-state index contributed by atoms with van der Waals surface area (Å²) in [5.74, 6) is 0.460. The van der Waals surface area contributed by atoms with Crippen molar-refractivity contribution in [3.8, 4) is 0 Å². The number of amides is 1. The van der Waals surface area contributed by atoms with Crippen molar-refractivity contribution in [1.29, 1.82) is 0 Å². The SMILES string of the molecule is C[C@@H](C(=O)NCC(F)(F)F)N1CCC[C@@H](c2ncc[nH]2)C1. The molecule has 2 N–H and O–H groups in total. The lowest BCUT2D eigenvalue weighted by Gasteiger charge is -2.35. The Morgan fingerprint density at radius 2 is 2.38 bits per heavy atom. The highest BCUT2D eigenvalue weighted by Gasteiger charge is 2.32. The summed E-state index contributed by atoms with van der Waals surface area (Å²) in [6, 6.07) is -0.579.